The van der Waals surface area contributed by atoms with E-state index in [-0.39, 0.29) is 0 Å². The van der Waals surface area contributed by atoms with Gasteiger partial charge in [0.15, 0.2) is 0 Å². The first-order chi connectivity index (χ1) is 9.65. The van der Waals surface area contributed by atoms with Crippen molar-refractivity contribution >= 4 is 28.6 Å². The number of nitrogens with zero attached hydrogens (tertiary/aromatic N) is 2. The van der Waals surface area contributed by atoms with E-state index >= 15 is 0 Å². The van der Waals surface area contributed by atoms with Gasteiger partial charge in [-0.3, -0.25) is 4.98 Å². The number of aromatic nitrogens is 2. The number of thiophene rings is 1. The van der Waals surface area contributed by atoms with E-state index in [4.69, 9.17) is 5.11 Å². The summed E-state index contributed by atoms with van der Waals surface area (Å²) in [6.07, 6.45) is 3.56. The third kappa shape index (κ3) is 2.35. The fourth-order valence-electron chi connectivity index (χ4n) is 1.78. The largest absolute Gasteiger partial charge is 0.478 e. The van der Waals surface area contributed by atoms with Crippen LogP contribution in [0.3, 0.4) is 0 Å². The van der Waals surface area contributed by atoms with Crippen molar-refractivity contribution in [2.75, 3.05) is 0 Å². The van der Waals surface area contributed by atoms with E-state index < -0.39 is 5.97 Å². The summed E-state index contributed by atoms with van der Waals surface area (Å²) < 4.78 is 0. The van der Waals surface area contributed by atoms with E-state index in [1.54, 1.807) is 23.8 Å². The van der Waals surface area contributed by atoms with Gasteiger partial charge in [0, 0.05) is 28.7 Å². The molecule has 0 aliphatic rings. The highest BCUT2D eigenvalue weighted by Crippen LogP contribution is 2.33. The lowest BCUT2D eigenvalue weighted by atomic mass is 10.2. The second kappa shape index (κ2) is 5.15. The molecule has 0 radical (unpaired) electrons. The summed E-state index contributed by atoms with van der Waals surface area (Å²) in [7, 11) is 0. The maximum Gasteiger partial charge on any atom is 0.336 e. The molecular weight excluding hydrogens is 292 g/mol. The number of rotatable bonds is 3. The molecule has 3 aromatic rings. The second-order valence-corrected chi connectivity index (χ2v) is 6.00. The third-order valence-corrected chi connectivity index (χ3v) is 4.70. The molecule has 100 valence electrons. The minimum Gasteiger partial charge on any atom is -0.478 e. The van der Waals surface area contributed by atoms with E-state index in [2.05, 4.69) is 9.97 Å². The number of aromatic carboxylic acids is 1. The quantitative estimate of drug-likeness (QED) is 0.796. The molecule has 0 fully saturated rings. The molecule has 20 heavy (non-hydrogen) atoms. The molecule has 0 unspecified atom stereocenters. The fraction of sp³-hybridized carbons (Fsp3) is 0.0714. The van der Waals surface area contributed by atoms with E-state index in [0.29, 0.717) is 5.56 Å². The Morgan fingerprint density at radius 3 is 2.85 bits per heavy atom. The summed E-state index contributed by atoms with van der Waals surface area (Å²) in [5.41, 5.74) is 3.25. The minimum absolute atomic E-state index is 0.303. The number of thiazole rings is 1. The van der Waals surface area contributed by atoms with Crippen molar-refractivity contribution in [3.8, 4) is 21.1 Å². The SMILES string of the molecule is Cc1ccncc1-c1nc(-c2cc(C(=O)O)cs2)cs1. The first-order valence-electron chi connectivity index (χ1n) is 5.84. The number of aryl methyl sites for hydroxylation is 1. The third-order valence-electron chi connectivity index (χ3n) is 2.87. The van der Waals surface area contributed by atoms with Gasteiger partial charge in [-0.25, -0.2) is 9.78 Å². The zero-order chi connectivity index (χ0) is 14.1. The summed E-state index contributed by atoms with van der Waals surface area (Å²) in [5.74, 6) is -0.911. The Morgan fingerprint density at radius 2 is 2.15 bits per heavy atom. The van der Waals surface area contributed by atoms with Gasteiger partial charge in [-0.2, -0.15) is 0 Å². The van der Waals surface area contributed by atoms with Crippen LogP contribution in [-0.2, 0) is 0 Å². The molecule has 0 atom stereocenters. The van der Waals surface area contributed by atoms with Crippen molar-refractivity contribution in [1.82, 2.24) is 9.97 Å². The number of carboxylic acids is 1. The highest BCUT2D eigenvalue weighted by molar-refractivity contribution is 7.15. The Hall–Kier alpha value is -2.05. The van der Waals surface area contributed by atoms with Gasteiger partial charge >= 0.3 is 5.97 Å². The Morgan fingerprint density at radius 1 is 1.30 bits per heavy atom. The molecule has 0 amide bonds. The Labute approximate surface area is 123 Å². The molecule has 0 aliphatic carbocycles. The summed E-state index contributed by atoms with van der Waals surface area (Å²) >= 11 is 2.93. The second-order valence-electron chi connectivity index (χ2n) is 4.23. The van der Waals surface area contributed by atoms with Crippen LogP contribution in [0.15, 0.2) is 35.3 Å². The number of pyridine rings is 1. The predicted octanol–water partition coefficient (Wildman–Crippen LogP) is 3.94. The highest BCUT2D eigenvalue weighted by Gasteiger charge is 2.12. The first-order valence-corrected chi connectivity index (χ1v) is 7.60. The highest BCUT2D eigenvalue weighted by atomic mass is 32.1. The Kier molecular flexibility index (Phi) is 3.33. The standard InChI is InChI=1S/C14H10N2O2S2/c1-8-2-3-15-5-10(8)13-16-11(7-20-13)12-4-9(6-19-12)14(17)18/h2-7H,1H3,(H,17,18). The van der Waals surface area contributed by atoms with Crippen LogP contribution in [0.1, 0.15) is 15.9 Å². The first kappa shape index (κ1) is 13.0. The van der Waals surface area contributed by atoms with Crippen LogP contribution in [0.25, 0.3) is 21.1 Å². The van der Waals surface area contributed by atoms with Crippen LogP contribution in [0.2, 0.25) is 0 Å². The van der Waals surface area contributed by atoms with E-state index in [1.165, 1.54) is 22.7 Å². The summed E-state index contributed by atoms with van der Waals surface area (Å²) in [5, 5.41) is 13.4. The zero-order valence-electron chi connectivity index (χ0n) is 10.5. The molecule has 3 rings (SSSR count). The van der Waals surface area contributed by atoms with E-state index in [1.807, 2.05) is 18.4 Å². The Bertz CT molecular complexity index is 777. The summed E-state index contributed by atoms with van der Waals surface area (Å²) in [6, 6.07) is 3.60. The van der Waals surface area contributed by atoms with Crippen molar-refractivity contribution in [3.63, 3.8) is 0 Å². The zero-order valence-corrected chi connectivity index (χ0v) is 12.2. The van der Waals surface area contributed by atoms with Gasteiger partial charge in [0.05, 0.1) is 16.1 Å². The number of carboxylic acid groups (broad SMARTS) is 1. The van der Waals surface area contributed by atoms with Crippen LogP contribution in [0.4, 0.5) is 0 Å². The van der Waals surface area contributed by atoms with Crippen molar-refractivity contribution in [2.45, 2.75) is 6.92 Å². The van der Waals surface area contributed by atoms with Crippen LogP contribution in [0, 0.1) is 6.92 Å². The molecule has 6 heteroatoms. The van der Waals surface area contributed by atoms with Crippen LogP contribution >= 0.6 is 22.7 Å². The molecule has 0 aliphatic heterocycles. The van der Waals surface area contributed by atoms with Crippen molar-refractivity contribution < 1.29 is 9.90 Å². The monoisotopic (exact) mass is 302 g/mol. The predicted molar refractivity (Wildman–Crippen MR) is 80.4 cm³/mol. The number of hydrogen-bond acceptors (Lipinski definition) is 5. The normalized spacial score (nSPS) is 10.7. The summed E-state index contributed by atoms with van der Waals surface area (Å²) in [4.78, 5) is 20.5. The van der Waals surface area contributed by atoms with Gasteiger partial charge in [0.25, 0.3) is 0 Å². The molecular formula is C14H10N2O2S2. The van der Waals surface area contributed by atoms with Crippen molar-refractivity contribution in [2.24, 2.45) is 0 Å². The van der Waals surface area contributed by atoms with Crippen LogP contribution in [0.5, 0.6) is 0 Å². The Balaban J connectivity index is 1.98. The van der Waals surface area contributed by atoms with Crippen molar-refractivity contribution in [1.29, 1.82) is 0 Å². The molecule has 0 saturated carbocycles. The summed E-state index contributed by atoms with van der Waals surface area (Å²) in [6.45, 7) is 2.02. The molecule has 0 bridgehead atoms. The molecule has 0 aromatic carbocycles. The average Bonchev–Trinajstić information content (AvgIpc) is 3.08. The van der Waals surface area contributed by atoms with Crippen LogP contribution < -0.4 is 0 Å². The maximum atomic E-state index is 10.9. The molecule has 4 nitrogen and oxygen atoms in total. The van der Waals surface area contributed by atoms with Gasteiger partial charge in [0.2, 0.25) is 0 Å². The van der Waals surface area contributed by atoms with Crippen LogP contribution in [-0.4, -0.2) is 21.0 Å². The lowest BCUT2D eigenvalue weighted by molar-refractivity contribution is 0.0697. The van der Waals surface area contributed by atoms with Gasteiger partial charge < -0.3 is 5.11 Å². The van der Waals surface area contributed by atoms with Gasteiger partial charge in [-0.05, 0) is 24.6 Å². The van der Waals surface area contributed by atoms with Gasteiger partial charge in [-0.15, -0.1) is 22.7 Å². The lowest BCUT2D eigenvalue weighted by Crippen LogP contribution is -1.91. The fourth-order valence-corrected chi connectivity index (χ4v) is 3.59. The average molecular weight is 302 g/mol. The van der Waals surface area contributed by atoms with E-state index in [0.717, 1.165) is 26.7 Å². The van der Waals surface area contributed by atoms with E-state index in [9.17, 15) is 4.79 Å². The van der Waals surface area contributed by atoms with Gasteiger partial charge in [0.1, 0.15) is 5.01 Å². The number of carbonyl (C=O) groups is 1. The van der Waals surface area contributed by atoms with Crippen molar-refractivity contribution in [3.05, 3.63) is 46.4 Å². The molecule has 0 saturated heterocycles. The topological polar surface area (TPSA) is 63.1 Å². The molecule has 1 N–H and O–H groups in total. The number of hydrogen-bond donors (Lipinski definition) is 1. The maximum absolute atomic E-state index is 10.9. The molecule has 3 aromatic heterocycles. The lowest BCUT2D eigenvalue weighted by Gasteiger charge is -1.99. The molecule has 3 heterocycles. The molecule has 0 spiro atoms. The van der Waals surface area contributed by atoms with Gasteiger partial charge in [-0.1, -0.05) is 0 Å². The minimum atomic E-state index is -0.911. The smallest absolute Gasteiger partial charge is 0.336 e.